The number of carbonyl (C=O) groups excluding carboxylic acids is 3. The summed E-state index contributed by atoms with van der Waals surface area (Å²) in [4.78, 5) is 30.4. The first kappa shape index (κ1) is 6.22. The highest BCUT2D eigenvalue weighted by Crippen LogP contribution is 2.16. The molecule has 0 N–H and O–H groups in total. The summed E-state index contributed by atoms with van der Waals surface area (Å²) in [6, 6.07) is 0. The molecule has 0 aromatic carbocycles. The van der Waals surface area contributed by atoms with Crippen molar-refractivity contribution in [1.82, 2.24) is 0 Å². The van der Waals surface area contributed by atoms with E-state index >= 15 is 0 Å². The summed E-state index contributed by atoms with van der Waals surface area (Å²) in [7, 11) is 0. The molecule has 0 aromatic heterocycles. The molecule has 1 aliphatic heterocycles. The van der Waals surface area contributed by atoms with E-state index in [4.69, 9.17) is 11.6 Å². The van der Waals surface area contributed by atoms with E-state index in [9.17, 15) is 14.4 Å². The maximum atomic E-state index is 10.1. The maximum Gasteiger partial charge on any atom is 0.337 e. The summed E-state index contributed by atoms with van der Waals surface area (Å²) < 4.78 is 3.83. The molecule has 0 spiro atoms. The lowest BCUT2D eigenvalue weighted by molar-refractivity contribution is -0.183. The largest absolute Gasteiger partial charge is 0.391 e. The van der Waals surface area contributed by atoms with Gasteiger partial charge >= 0.3 is 11.9 Å². The van der Waals surface area contributed by atoms with Gasteiger partial charge in [0.25, 0.3) is 0 Å². The Morgan fingerprint density at radius 2 is 1.89 bits per heavy atom. The van der Waals surface area contributed by atoms with Crippen LogP contribution in [0.25, 0.3) is 0 Å². The molecule has 0 aromatic rings. The van der Waals surface area contributed by atoms with Crippen molar-refractivity contribution in [3.8, 4) is 0 Å². The van der Waals surface area contributed by atoms with Crippen molar-refractivity contribution < 1.29 is 19.1 Å². The van der Waals surface area contributed by atoms with Crippen LogP contribution >= 0.6 is 11.6 Å². The molecule has 1 aliphatic rings. The first-order valence-corrected chi connectivity index (χ1v) is 2.45. The summed E-state index contributed by atoms with van der Waals surface area (Å²) >= 11 is 4.81. The number of hydrogen-bond acceptors (Lipinski definition) is 4. The Labute approximate surface area is 54.7 Å². The number of ether oxygens (including phenoxy) is 1. The average Bonchev–Trinajstić information content (AvgIpc) is 1.62. The summed E-state index contributed by atoms with van der Waals surface area (Å²) in [6.07, 6.45) is 0. The molecule has 0 unspecified atom stereocenters. The molecule has 0 atom stereocenters. The van der Waals surface area contributed by atoms with Crippen LogP contribution in [0.15, 0.2) is 0 Å². The molecule has 0 amide bonds. The zero-order chi connectivity index (χ0) is 7.02. The number of halogens is 1. The smallest absolute Gasteiger partial charge is 0.337 e. The van der Waals surface area contributed by atoms with Crippen LogP contribution in [0.3, 0.4) is 0 Å². The van der Waals surface area contributed by atoms with Crippen LogP contribution < -0.4 is 0 Å². The number of hydrogen-bond donors (Lipinski definition) is 0. The van der Waals surface area contributed by atoms with Gasteiger partial charge in [-0.05, 0) is 11.6 Å². The highest BCUT2D eigenvalue weighted by Gasteiger charge is 2.46. The van der Waals surface area contributed by atoms with Gasteiger partial charge in [0.15, 0.2) is 0 Å². The van der Waals surface area contributed by atoms with E-state index in [-0.39, 0.29) is 0 Å². The number of carbonyl (C=O) groups is 3. The van der Waals surface area contributed by atoms with Crippen LogP contribution in [0.1, 0.15) is 0 Å². The molecule has 0 bridgehead atoms. The fourth-order valence-electron chi connectivity index (χ4n) is 0.440. The van der Waals surface area contributed by atoms with Gasteiger partial charge in [0.2, 0.25) is 11.2 Å². The van der Waals surface area contributed by atoms with Gasteiger partial charge in [-0.1, -0.05) is 0 Å². The Morgan fingerprint density at radius 1 is 1.44 bits per heavy atom. The zero-order valence-corrected chi connectivity index (χ0v) is 4.84. The third kappa shape index (κ3) is 0.810. The highest BCUT2D eigenvalue weighted by molar-refractivity contribution is 6.68. The third-order valence-electron chi connectivity index (χ3n) is 0.900. The predicted molar refractivity (Wildman–Crippen MR) is 25.4 cm³/mol. The lowest BCUT2D eigenvalue weighted by atomic mass is 10.1. The van der Waals surface area contributed by atoms with Crippen LogP contribution in [-0.4, -0.2) is 17.2 Å². The van der Waals surface area contributed by atoms with Gasteiger partial charge in [0.1, 0.15) is 0 Å². The van der Waals surface area contributed by atoms with E-state index in [1.807, 2.05) is 0 Å². The van der Waals surface area contributed by atoms with Crippen molar-refractivity contribution >= 4 is 28.8 Å². The minimum Gasteiger partial charge on any atom is -0.391 e. The Balaban J connectivity index is 2.70. The monoisotopic (exact) mass is 148 g/mol. The molecule has 48 valence electrons. The van der Waals surface area contributed by atoms with Gasteiger partial charge in [-0.25, -0.2) is 0 Å². The molecule has 9 heavy (non-hydrogen) atoms. The first-order chi connectivity index (χ1) is 4.13. The lowest BCUT2D eigenvalue weighted by Crippen LogP contribution is -2.44. The normalized spacial score (nSPS) is 18.8. The number of esters is 2. The Bertz CT molecular complexity index is 172. The van der Waals surface area contributed by atoms with Crippen LogP contribution in [-0.2, 0) is 19.1 Å². The third-order valence-corrected chi connectivity index (χ3v) is 1.12. The fraction of sp³-hybridized carbons (Fsp3) is 0.250. The second-order valence-corrected chi connectivity index (χ2v) is 1.85. The van der Waals surface area contributed by atoms with Crippen LogP contribution in [0.4, 0.5) is 0 Å². The molecule has 5 heteroatoms. The second-order valence-electron chi connectivity index (χ2n) is 1.48. The molecular formula is C4HClO4. The number of cyclic esters (lactones) is 2. The molecule has 0 aliphatic carbocycles. The van der Waals surface area contributed by atoms with Crippen LogP contribution in [0.5, 0.6) is 0 Å². The second kappa shape index (κ2) is 1.80. The predicted octanol–water partition coefficient (Wildman–Crippen LogP) is -0.549. The summed E-state index contributed by atoms with van der Waals surface area (Å²) in [6.45, 7) is 0. The Morgan fingerprint density at radius 3 is 2.00 bits per heavy atom. The van der Waals surface area contributed by atoms with E-state index in [0.717, 1.165) is 0 Å². The summed E-state index contributed by atoms with van der Waals surface area (Å²) in [5.41, 5.74) is 0. The topological polar surface area (TPSA) is 60.4 Å². The van der Waals surface area contributed by atoms with E-state index < -0.39 is 23.1 Å². The van der Waals surface area contributed by atoms with Crippen LogP contribution in [0.2, 0.25) is 0 Å². The SMILES string of the molecule is O=C(Cl)C1C(=O)OC1=O. The van der Waals surface area contributed by atoms with Gasteiger partial charge in [-0.15, -0.1) is 0 Å². The van der Waals surface area contributed by atoms with Gasteiger partial charge < -0.3 is 4.74 Å². The van der Waals surface area contributed by atoms with Gasteiger partial charge in [-0.3, -0.25) is 14.4 Å². The molecule has 4 nitrogen and oxygen atoms in total. The average molecular weight is 149 g/mol. The minimum atomic E-state index is -1.35. The van der Waals surface area contributed by atoms with Crippen molar-refractivity contribution in [1.29, 1.82) is 0 Å². The maximum absolute atomic E-state index is 10.1. The summed E-state index contributed by atoms with van der Waals surface area (Å²) in [5.74, 6) is -3.08. The quantitative estimate of drug-likeness (QED) is 0.284. The van der Waals surface area contributed by atoms with Crippen molar-refractivity contribution in [2.45, 2.75) is 0 Å². The van der Waals surface area contributed by atoms with Crippen LogP contribution in [0, 0.1) is 5.92 Å². The zero-order valence-electron chi connectivity index (χ0n) is 4.09. The lowest BCUT2D eigenvalue weighted by Gasteiger charge is -2.16. The standard InChI is InChI=1S/C4HClO4/c5-2(6)1-3(7)9-4(1)8/h1H. The molecule has 1 heterocycles. The van der Waals surface area contributed by atoms with Gasteiger partial charge in [0.05, 0.1) is 0 Å². The molecule has 0 saturated carbocycles. The van der Waals surface area contributed by atoms with E-state index in [1.54, 1.807) is 0 Å². The first-order valence-electron chi connectivity index (χ1n) is 2.08. The van der Waals surface area contributed by atoms with Crippen molar-refractivity contribution in [3.63, 3.8) is 0 Å². The van der Waals surface area contributed by atoms with Crippen molar-refractivity contribution in [2.75, 3.05) is 0 Å². The summed E-state index contributed by atoms with van der Waals surface area (Å²) in [5, 5.41) is -0.976. The highest BCUT2D eigenvalue weighted by atomic mass is 35.5. The van der Waals surface area contributed by atoms with Gasteiger partial charge in [-0.2, -0.15) is 0 Å². The van der Waals surface area contributed by atoms with E-state index in [0.29, 0.717) is 0 Å². The van der Waals surface area contributed by atoms with E-state index in [1.165, 1.54) is 0 Å². The number of rotatable bonds is 1. The van der Waals surface area contributed by atoms with Crippen molar-refractivity contribution in [2.24, 2.45) is 5.92 Å². The minimum absolute atomic E-state index is 0.861. The Hall–Kier alpha value is -0.900. The molecule has 1 rings (SSSR count). The fourth-order valence-corrected chi connectivity index (χ4v) is 0.619. The van der Waals surface area contributed by atoms with Crippen molar-refractivity contribution in [3.05, 3.63) is 0 Å². The molecule has 1 saturated heterocycles. The molecule has 0 radical (unpaired) electrons. The Kier molecular flexibility index (Phi) is 1.25. The molecule has 1 fully saturated rings. The van der Waals surface area contributed by atoms with Gasteiger partial charge in [0, 0.05) is 0 Å². The molecular weight excluding hydrogens is 147 g/mol. The van der Waals surface area contributed by atoms with E-state index in [2.05, 4.69) is 4.74 Å².